The zero-order valence-corrected chi connectivity index (χ0v) is 25.7. The molecule has 0 aliphatic carbocycles. The normalized spacial score (nSPS) is 12.9. The van der Waals surface area contributed by atoms with Crippen molar-refractivity contribution >= 4 is 35.5 Å². The maximum absolute atomic E-state index is 11.6. The van der Waals surface area contributed by atoms with E-state index in [2.05, 4.69) is 34.9 Å². The van der Waals surface area contributed by atoms with Gasteiger partial charge >= 0.3 is 11.9 Å². The van der Waals surface area contributed by atoms with E-state index in [0.29, 0.717) is 0 Å². The molecule has 0 aliphatic rings. The molecule has 0 bridgehead atoms. The number of amides is 2. The second-order valence-corrected chi connectivity index (χ2v) is 11.6. The smallest absolute Gasteiger partial charge is 0.303 e. The molecule has 0 unspecified atom stereocenters. The van der Waals surface area contributed by atoms with E-state index in [-0.39, 0.29) is 36.7 Å². The van der Waals surface area contributed by atoms with Crippen LogP contribution in [-0.2, 0) is 19.2 Å². The van der Waals surface area contributed by atoms with Crippen LogP contribution in [-0.4, -0.2) is 57.6 Å². The summed E-state index contributed by atoms with van der Waals surface area (Å²) >= 11 is 1.77. The van der Waals surface area contributed by atoms with Gasteiger partial charge in [-0.1, -0.05) is 75.7 Å². The molecule has 2 atom stereocenters. The van der Waals surface area contributed by atoms with Gasteiger partial charge in [-0.3, -0.25) is 19.2 Å². The molecule has 0 saturated heterocycles. The minimum Gasteiger partial charge on any atom is -0.481 e. The lowest BCUT2D eigenvalue weighted by molar-refractivity contribution is -0.138. The summed E-state index contributed by atoms with van der Waals surface area (Å²) in [7, 11) is 0. The van der Waals surface area contributed by atoms with E-state index in [1.54, 1.807) is 11.8 Å². The average molecular weight is 583 g/mol. The molecule has 0 spiro atoms. The van der Waals surface area contributed by atoms with Crippen LogP contribution in [0.2, 0.25) is 0 Å². The van der Waals surface area contributed by atoms with Gasteiger partial charge in [0.15, 0.2) is 0 Å². The molecule has 0 fully saturated rings. The topological polar surface area (TPSA) is 133 Å². The summed E-state index contributed by atoms with van der Waals surface area (Å²) < 4.78 is 0. The molecule has 4 N–H and O–H groups in total. The van der Waals surface area contributed by atoms with E-state index in [9.17, 15) is 19.2 Å². The van der Waals surface area contributed by atoms with Crippen molar-refractivity contribution < 1.29 is 29.4 Å². The zero-order valence-electron chi connectivity index (χ0n) is 24.8. The molecular weight excluding hydrogens is 528 g/mol. The van der Waals surface area contributed by atoms with Gasteiger partial charge < -0.3 is 20.8 Å². The molecule has 9 heteroatoms. The molecule has 0 aromatic carbocycles. The number of carbonyl (C=O) groups excluding carboxylic acids is 2. The summed E-state index contributed by atoms with van der Waals surface area (Å²) in [6.45, 7) is 3.07. The number of aliphatic carboxylic acids is 2. The highest BCUT2D eigenvalue weighted by Gasteiger charge is 2.09. The van der Waals surface area contributed by atoms with Crippen LogP contribution in [0.3, 0.4) is 0 Å². The van der Waals surface area contributed by atoms with Crippen molar-refractivity contribution in [2.75, 3.05) is 11.5 Å². The first-order valence-electron chi connectivity index (χ1n) is 15.1. The molecule has 0 aromatic heterocycles. The monoisotopic (exact) mass is 582 g/mol. The third-order valence-electron chi connectivity index (χ3n) is 6.41. The van der Waals surface area contributed by atoms with E-state index < -0.39 is 11.9 Å². The van der Waals surface area contributed by atoms with Crippen LogP contribution < -0.4 is 10.6 Å². The maximum atomic E-state index is 11.6. The Balaban J connectivity index is 4.19. The average Bonchev–Trinajstić information content (AvgIpc) is 2.87. The maximum Gasteiger partial charge on any atom is 0.303 e. The highest BCUT2D eigenvalue weighted by Crippen LogP contribution is 2.13. The minimum absolute atomic E-state index is 0.0000884. The standard InChI is InChI=1S/C31H54N2O6S/c1-26(34)32-28(19-15-11-7-3-5-9-13-17-21-30(36)37)23-24-40-25-29(33-27(2)35)20-16-12-8-4-6-10-14-18-22-31(38)39/h15-16,19-20,28-29H,3-14,17-18,21-25H2,1-2H3,(H,32,34)(H,33,35)(H,36,37)(H,38,39)/b19-15+,20-16+/t28-,29-/m1/s1. The Morgan fingerprint density at radius 2 is 1.02 bits per heavy atom. The number of thioether (sulfide) groups is 1. The lowest BCUT2D eigenvalue weighted by atomic mass is 10.1. The van der Waals surface area contributed by atoms with Gasteiger partial charge in [0, 0.05) is 38.5 Å². The fourth-order valence-corrected chi connectivity index (χ4v) is 5.35. The Morgan fingerprint density at radius 3 is 1.48 bits per heavy atom. The fraction of sp³-hybridized carbons (Fsp3) is 0.742. The van der Waals surface area contributed by atoms with Crippen LogP contribution in [0.1, 0.15) is 123 Å². The number of allylic oxidation sites excluding steroid dienone is 2. The summed E-state index contributed by atoms with van der Waals surface area (Å²) in [5, 5.41) is 23.3. The highest BCUT2D eigenvalue weighted by atomic mass is 32.2. The Kier molecular flexibility index (Phi) is 25.4. The molecule has 0 aromatic rings. The van der Waals surface area contributed by atoms with Gasteiger partial charge in [-0.25, -0.2) is 0 Å². The minimum atomic E-state index is -0.719. The first-order valence-corrected chi connectivity index (χ1v) is 16.2. The second-order valence-electron chi connectivity index (χ2n) is 10.4. The third-order valence-corrected chi connectivity index (χ3v) is 7.53. The Labute approximate surface area is 246 Å². The first-order chi connectivity index (χ1) is 19.2. The predicted molar refractivity (Wildman–Crippen MR) is 165 cm³/mol. The number of carbonyl (C=O) groups is 4. The van der Waals surface area contributed by atoms with Crippen molar-refractivity contribution in [2.24, 2.45) is 0 Å². The van der Waals surface area contributed by atoms with Crippen molar-refractivity contribution in [2.45, 2.75) is 135 Å². The molecule has 2 amide bonds. The summed E-state index contributed by atoms with van der Waals surface area (Å²) in [4.78, 5) is 44.3. The molecule has 230 valence electrons. The number of nitrogens with one attached hydrogen (secondary N) is 2. The lowest BCUT2D eigenvalue weighted by Gasteiger charge is -2.16. The van der Waals surface area contributed by atoms with Gasteiger partial charge in [-0.05, 0) is 50.7 Å². The molecule has 8 nitrogen and oxygen atoms in total. The Bertz CT molecular complexity index is 694. The van der Waals surface area contributed by atoms with E-state index in [0.717, 1.165) is 108 Å². The van der Waals surface area contributed by atoms with Crippen LogP contribution in [0.5, 0.6) is 0 Å². The SMILES string of the molecule is CC(=O)N[C@H](/C=C/CCCCCCCCC(=O)O)CCSC[C@@H](/C=C/CCCCCCCCC(=O)O)NC(C)=O. The quantitative estimate of drug-likeness (QED) is 0.0630. The van der Waals surface area contributed by atoms with Crippen LogP contribution in [0, 0.1) is 0 Å². The van der Waals surface area contributed by atoms with Gasteiger partial charge in [-0.2, -0.15) is 11.8 Å². The van der Waals surface area contributed by atoms with Gasteiger partial charge in [0.2, 0.25) is 11.8 Å². The zero-order chi connectivity index (χ0) is 29.8. The Morgan fingerprint density at radius 1 is 0.625 bits per heavy atom. The molecular formula is C31H54N2O6S. The van der Waals surface area contributed by atoms with E-state index in [4.69, 9.17) is 10.2 Å². The lowest BCUT2D eigenvalue weighted by Crippen LogP contribution is -2.34. The van der Waals surface area contributed by atoms with Crippen molar-refractivity contribution in [1.29, 1.82) is 0 Å². The molecule has 0 heterocycles. The van der Waals surface area contributed by atoms with E-state index >= 15 is 0 Å². The molecule has 0 rings (SSSR count). The van der Waals surface area contributed by atoms with Crippen LogP contribution in [0.25, 0.3) is 0 Å². The highest BCUT2D eigenvalue weighted by molar-refractivity contribution is 7.99. The van der Waals surface area contributed by atoms with Crippen molar-refractivity contribution in [3.05, 3.63) is 24.3 Å². The molecule has 40 heavy (non-hydrogen) atoms. The third kappa shape index (κ3) is 28.7. The number of hydrogen-bond acceptors (Lipinski definition) is 5. The second kappa shape index (κ2) is 26.9. The van der Waals surface area contributed by atoms with Gasteiger partial charge in [0.05, 0.1) is 6.04 Å². The summed E-state index contributed by atoms with van der Waals surface area (Å²) in [5.74, 6) is 0.128. The number of hydrogen-bond donors (Lipinski definition) is 4. The van der Waals surface area contributed by atoms with Crippen molar-refractivity contribution in [1.82, 2.24) is 10.6 Å². The number of carboxylic acid groups (broad SMARTS) is 2. The molecule has 0 aliphatic heterocycles. The van der Waals surface area contributed by atoms with Crippen molar-refractivity contribution in [3.63, 3.8) is 0 Å². The molecule has 0 radical (unpaired) electrons. The van der Waals surface area contributed by atoms with E-state index in [1.807, 2.05) is 0 Å². The number of rotatable bonds is 27. The summed E-state index contributed by atoms with van der Waals surface area (Å²) in [6.07, 6.45) is 24.1. The van der Waals surface area contributed by atoms with Gasteiger partial charge in [0.25, 0.3) is 0 Å². The van der Waals surface area contributed by atoms with Crippen LogP contribution in [0.15, 0.2) is 24.3 Å². The predicted octanol–water partition coefficient (Wildman–Crippen LogP) is 6.64. The molecule has 0 saturated carbocycles. The number of carboxylic acids is 2. The largest absolute Gasteiger partial charge is 0.481 e. The fourth-order valence-electron chi connectivity index (χ4n) is 4.32. The summed E-state index contributed by atoms with van der Waals surface area (Å²) in [5.41, 5.74) is 0. The van der Waals surface area contributed by atoms with Crippen LogP contribution >= 0.6 is 11.8 Å². The van der Waals surface area contributed by atoms with E-state index in [1.165, 1.54) is 13.8 Å². The van der Waals surface area contributed by atoms with Crippen molar-refractivity contribution in [3.8, 4) is 0 Å². The van der Waals surface area contributed by atoms with Gasteiger partial charge in [-0.15, -0.1) is 0 Å². The number of unbranched alkanes of at least 4 members (excludes halogenated alkanes) is 12. The van der Waals surface area contributed by atoms with Crippen LogP contribution in [0.4, 0.5) is 0 Å². The van der Waals surface area contributed by atoms with Gasteiger partial charge in [0.1, 0.15) is 0 Å². The first kappa shape index (κ1) is 37.7. The Hall–Kier alpha value is -2.29. The summed E-state index contributed by atoms with van der Waals surface area (Å²) in [6, 6.07) is -0.0164.